The van der Waals surface area contributed by atoms with Crippen molar-refractivity contribution in [1.82, 2.24) is 5.32 Å². The fraction of sp³-hybridized carbons (Fsp3) is 0.632. The molecule has 0 radical (unpaired) electrons. The van der Waals surface area contributed by atoms with Gasteiger partial charge in [-0.1, -0.05) is 0 Å². The van der Waals surface area contributed by atoms with Crippen molar-refractivity contribution in [2.45, 2.75) is 51.3 Å². The number of alkyl halides is 3. The quantitative estimate of drug-likeness (QED) is 0.548. The molecule has 146 valence electrons. The van der Waals surface area contributed by atoms with E-state index in [1.165, 1.54) is 12.1 Å². The minimum atomic E-state index is -4.32. The van der Waals surface area contributed by atoms with Crippen LogP contribution in [-0.2, 0) is 15.7 Å². The van der Waals surface area contributed by atoms with E-state index in [1.807, 2.05) is 0 Å². The smallest absolute Gasteiger partial charge is 0.416 e. The van der Waals surface area contributed by atoms with Crippen molar-refractivity contribution in [3.8, 4) is 5.75 Å². The summed E-state index contributed by atoms with van der Waals surface area (Å²) < 4.78 is 48.4. The molecule has 0 unspecified atom stereocenters. The zero-order valence-electron chi connectivity index (χ0n) is 15.0. The monoisotopic (exact) mass is 373 g/mol. The number of carbonyl (C=O) groups is 1. The van der Waals surface area contributed by atoms with Crippen LogP contribution < -0.4 is 10.1 Å². The molecule has 0 spiro atoms. The molecule has 0 bridgehead atoms. The highest BCUT2D eigenvalue weighted by atomic mass is 19.4. The van der Waals surface area contributed by atoms with Gasteiger partial charge >= 0.3 is 12.1 Å². The minimum Gasteiger partial charge on any atom is -0.490 e. The Bertz CT molecular complexity index is 552. The van der Waals surface area contributed by atoms with Crippen molar-refractivity contribution < 1.29 is 27.4 Å². The SMILES string of the molecule is CCOC(=O)CCNCC1CCC(Oc2ccc(C(F)(F)F)cc2)CC1. The number of hydrogen-bond donors (Lipinski definition) is 1. The summed E-state index contributed by atoms with van der Waals surface area (Å²) in [6, 6.07) is 4.86. The van der Waals surface area contributed by atoms with Gasteiger partial charge in [0.2, 0.25) is 0 Å². The minimum absolute atomic E-state index is 0.0440. The van der Waals surface area contributed by atoms with Crippen molar-refractivity contribution in [2.75, 3.05) is 19.7 Å². The van der Waals surface area contributed by atoms with Crippen molar-refractivity contribution in [3.63, 3.8) is 0 Å². The Hall–Kier alpha value is -1.76. The Kier molecular flexibility index (Phi) is 7.75. The number of benzene rings is 1. The van der Waals surface area contributed by atoms with E-state index in [0.717, 1.165) is 44.4 Å². The fourth-order valence-corrected chi connectivity index (χ4v) is 3.10. The van der Waals surface area contributed by atoms with Crippen LogP contribution in [0.25, 0.3) is 0 Å². The van der Waals surface area contributed by atoms with Crippen molar-refractivity contribution in [2.24, 2.45) is 5.92 Å². The first-order valence-corrected chi connectivity index (χ1v) is 9.08. The summed E-state index contributed by atoms with van der Waals surface area (Å²) in [4.78, 5) is 11.2. The molecule has 1 N–H and O–H groups in total. The zero-order chi connectivity index (χ0) is 19.0. The maximum atomic E-state index is 12.6. The number of nitrogens with one attached hydrogen (secondary N) is 1. The highest BCUT2D eigenvalue weighted by Crippen LogP contribution is 2.32. The highest BCUT2D eigenvalue weighted by molar-refractivity contribution is 5.69. The third kappa shape index (κ3) is 6.86. The van der Waals surface area contributed by atoms with Gasteiger partial charge in [-0.2, -0.15) is 13.2 Å². The van der Waals surface area contributed by atoms with Gasteiger partial charge in [-0.3, -0.25) is 4.79 Å². The molecule has 1 fully saturated rings. The standard InChI is InChI=1S/C19H26F3NO3/c1-2-25-18(24)11-12-23-13-14-3-7-16(8-4-14)26-17-9-5-15(6-10-17)19(20,21)22/h5-6,9-10,14,16,23H,2-4,7-8,11-13H2,1H3. The Balaban J connectivity index is 1.65. The summed E-state index contributed by atoms with van der Waals surface area (Å²) in [5.74, 6) is 0.826. The molecular weight excluding hydrogens is 347 g/mol. The molecule has 0 saturated heterocycles. The Morgan fingerprint density at radius 1 is 1.15 bits per heavy atom. The highest BCUT2D eigenvalue weighted by Gasteiger charge is 2.30. The molecule has 1 aromatic carbocycles. The average molecular weight is 373 g/mol. The van der Waals surface area contributed by atoms with E-state index in [-0.39, 0.29) is 12.1 Å². The number of rotatable bonds is 8. The van der Waals surface area contributed by atoms with Crippen LogP contribution in [0.1, 0.15) is 44.6 Å². The van der Waals surface area contributed by atoms with Gasteiger partial charge in [0.25, 0.3) is 0 Å². The molecule has 7 heteroatoms. The van der Waals surface area contributed by atoms with Crippen LogP contribution in [0.15, 0.2) is 24.3 Å². The number of carbonyl (C=O) groups excluding carboxylic acids is 1. The van der Waals surface area contributed by atoms with Gasteiger partial charge in [0, 0.05) is 6.54 Å². The summed E-state index contributed by atoms with van der Waals surface area (Å²) in [5.41, 5.74) is -0.664. The van der Waals surface area contributed by atoms with Gasteiger partial charge in [-0.15, -0.1) is 0 Å². The van der Waals surface area contributed by atoms with Crippen molar-refractivity contribution >= 4 is 5.97 Å². The van der Waals surface area contributed by atoms with Crippen LogP contribution in [-0.4, -0.2) is 31.8 Å². The van der Waals surface area contributed by atoms with E-state index in [0.29, 0.717) is 31.2 Å². The Morgan fingerprint density at radius 3 is 2.38 bits per heavy atom. The number of halogens is 3. The number of ether oxygens (including phenoxy) is 2. The van der Waals surface area contributed by atoms with E-state index >= 15 is 0 Å². The third-order valence-corrected chi connectivity index (χ3v) is 4.52. The van der Waals surface area contributed by atoms with Crippen LogP contribution in [0.2, 0.25) is 0 Å². The lowest BCUT2D eigenvalue weighted by Crippen LogP contribution is -2.31. The summed E-state index contributed by atoms with van der Waals surface area (Å²) >= 11 is 0. The average Bonchev–Trinajstić information content (AvgIpc) is 2.60. The van der Waals surface area contributed by atoms with Crippen molar-refractivity contribution in [1.29, 1.82) is 0 Å². The predicted molar refractivity (Wildman–Crippen MR) is 91.9 cm³/mol. The third-order valence-electron chi connectivity index (χ3n) is 4.52. The maximum absolute atomic E-state index is 12.6. The van der Waals surface area contributed by atoms with Gasteiger partial charge in [0.15, 0.2) is 0 Å². The molecule has 26 heavy (non-hydrogen) atoms. The molecule has 0 atom stereocenters. The summed E-state index contributed by atoms with van der Waals surface area (Å²) in [5, 5.41) is 3.28. The molecule has 1 saturated carbocycles. The van der Waals surface area contributed by atoms with E-state index in [2.05, 4.69) is 5.32 Å². The maximum Gasteiger partial charge on any atom is 0.416 e. The second-order valence-electron chi connectivity index (χ2n) is 6.54. The van der Waals surface area contributed by atoms with E-state index < -0.39 is 11.7 Å². The topological polar surface area (TPSA) is 47.6 Å². The van der Waals surface area contributed by atoms with Crippen molar-refractivity contribution in [3.05, 3.63) is 29.8 Å². The summed E-state index contributed by atoms with van der Waals surface area (Å²) in [7, 11) is 0. The second-order valence-corrected chi connectivity index (χ2v) is 6.54. The molecule has 1 aromatic rings. The second kappa shape index (κ2) is 9.80. The van der Waals surface area contributed by atoms with Gasteiger partial charge < -0.3 is 14.8 Å². The van der Waals surface area contributed by atoms with Crippen LogP contribution in [0, 0.1) is 5.92 Å². The molecule has 2 rings (SSSR count). The molecule has 0 aliphatic heterocycles. The molecule has 1 aliphatic carbocycles. The van der Waals surface area contributed by atoms with Crippen LogP contribution >= 0.6 is 0 Å². The van der Waals surface area contributed by atoms with E-state index in [9.17, 15) is 18.0 Å². The number of esters is 1. The number of hydrogen-bond acceptors (Lipinski definition) is 4. The Labute approximate surface area is 152 Å². The lowest BCUT2D eigenvalue weighted by molar-refractivity contribution is -0.143. The first-order valence-electron chi connectivity index (χ1n) is 9.08. The normalized spacial score (nSPS) is 20.6. The zero-order valence-corrected chi connectivity index (χ0v) is 15.0. The molecule has 0 aromatic heterocycles. The summed E-state index contributed by atoms with van der Waals surface area (Å²) in [6.45, 7) is 3.66. The largest absolute Gasteiger partial charge is 0.490 e. The van der Waals surface area contributed by atoms with E-state index in [1.54, 1.807) is 6.92 Å². The molecule has 0 heterocycles. The van der Waals surface area contributed by atoms with Gasteiger partial charge in [0.05, 0.1) is 24.7 Å². The first kappa shape index (κ1) is 20.6. The van der Waals surface area contributed by atoms with Gasteiger partial charge in [-0.05, 0) is 69.3 Å². The molecule has 1 aliphatic rings. The van der Waals surface area contributed by atoms with Crippen LogP contribution in [0.4, 0.5) is 13.2 Å². The van der Waals surface area contributed by atoms with Crippen LogP contribution in [0.3, 0.4) is 0 Å². The lowest BCUT2D eigenvalue weighted by atomic mass is 9.87. The van der Waals surface area contributed by atoms with E-state index in [4.69, 9.17) is 9.47 Å². The van der Waals surface area contributed by atoms with Crippen LogP contribution in [0.5, 0.6) is 5.75 Å². The fourth-order valence-electron chi connectivity index (χ4n) is 3.10. The summed E-state index contributed by atoms with van der Waals surface area (Å²) in [6.07, 6.45) is -0.147. The predicted octanol–water partition coefficient (Wildman–Crippen LogP) is 4.19. The first-order chi connectivity index (χ1) is 12.4. The van der Waals surface area contributed by atoms with Gasteiger partial charge in [-0.25, -0.2) is 0 Å². The molecule has 0 amide bonds. The molecular formula is C19H26F3NO3. The lowest BCUT2D eigenvalue weighted by Gasteiger charge is -2.29. The van der Waals surface area contributed by atoms with Gasteiger partial charge in [0.1, 0.15) is 5.75 Å². The molecule has 4 nitrogen and oxygen atoms in total. The Morgan fingerprint density at radius 2 is 1.81 bits per heavy atom.